The summed E-state index contributed by atoms with van der Waals surface area (Å²) < 4.78 is 0. The highest BCUT2D eigenvalue weighted by molar-refractivity contribution is 5.22. The number of pyridine rings is 1. The average Bonchev–Trinajstić information content (AvgIpc) is 2.96. The number of aromatic nitrogens is 1. The van der Waals surface area contributed by atoms with Gasteiger partial charge in [0.15, 0.2) is 0 Å². The van der Waals surface area contributed by atoms with E-state index in [1.807, 2.05) is 13.1 Å². The van der Waals surface area contributed by atoms with E-state index in [4.69, 9.17) is 0 Å². The number of hydrogen-bond donors (Lipinski definition) is 1. The first-order chi connectivity index (χ1) is 7.15. The summed E-state index contributed by atoms with van der Waals surface area (Å²) in [5.41, 5.74) is 2.89. The Morgan fingerprint density at radius 2 is 2.20 bits per heavy atom. The van der Waals surface area contributed by atoms with Gasteiger partial charge in [0.25, 0.3) is 0 Å². The third-order valence-corrected chi connectivity index (χ3v) is 3.41. The van der Waals surface area contributed by atoms with E-state index in [1.54, 1.807) is 0 Å². The highest BCUT2D eigenvalue weighted by Crippen LogP contribution is 2.54. The Morgan fingerprint density at radius 3 is 2.67 bits per heavy atom. The van der Waals surface area contributed by atoms with E-state index in [-0.39, 0.29) is 0 Å². The van der Waals surface area contributed by atoms with Crippen LogP contribution < -0.4 is 5.32 Å². The van der Waals surface area contributed by atoms with Gasteiger partial charge in [0.05, 0.1) is 0 Å². The monoisotopic (exact) mass is 204 g/mol. The Bertz CT molecular complexity index is 325. The van der Waals surface area contributed by atoms with E-state index < -0.39 is 0 Å². The van der Waals surface area contributed by atoms with Crippen molar-refractivity contribution < 1.29 is 0 Å². The van der Waals surface area contributed by atoms with Crippen LogP contribution >= 0.6 is 0 Å². The maximum atomic E-state index is 4.38. The third-order valence-electron chi connectivity index (χ3n) is 3.41. The van der Waals surface area contributed by atoms with Gasteiger partial charge in [-0.25, -0.2) is 0 Å². The molecule has 0 aliphatic heterocycles. The van der Waals surface area contributed by atoms with Crippen LogP contribution in [0.4, 0.5) is 0 Å². The molecule has 0 bridgehead atoms. The topological polar surface area (TPSA) is 24.9 Å². The van der Waals surface area contributed by atoms with Crippen LogP contribution in [-0.4, -0.2) is 11.5 Å². The largest absolute Gasteiger partial charge is 0.310 e. The van der Waals surface area contributed by atoms with Gasteiger partial charge < -0.3 is 5.32 Å². The van der Waals surface area contributed by atoms with Gasteiger partial charge in [0.2, 0.25) is 0 Å². The molecule has 1 atom stereocenters. The Labute approximate surface area is 92.1 Å². The standard InChI is InChI=1S/C13H20N2/c1-4-14-12(13(3)7-8-13)11-6-5-10(2)15-9-11/h5-6,9,12,14H,4,7-8H2,1-3H3. The zero-order valence-corrected chi connectivity index (χ0v) is 9.88. The third kappa shape index (κ3) is 2.20. The van der Waals surface area contributed by atoms with Crippen molar-refractivity contribution in [3.05, 3.63) is 29.6 Å². The van der Waals surface area contributed by atoms with Crippen LogP contribution in [0.1, 0.15) is 44.0 Å². The Kier molecular flexibility index (Phi) is 2.79. The van der Waals surface area contributed by atoms with Crippen molar-refractivity contribution in [2.75, 3.05) is 6.54 Å². The number of hydrogen-bond acceptors (Lipinski definition) is 2. The smallest absolute Gasteiger partial charge is 0.0389 e. The van der Waals surface area contributed by atoms with Gasteiger partial charge in [-0.2, -0.15) is 0 Å². The van der Waals surface area contributed by atoms with Gasteiger partial charge in [-0.15, -0.1) is 0 Å². The maximum absolute atomic E-state index is 4.38. The first-order valence-electron chi connectivity index (χ1n) is 5.81. The molecule has 1 unspecified atom stereocenters. The molecule has 1 aliphatic rings. The zero-order valence-electron chi connectivity index (χ0n) is 9.88. The number of rotatable bonds is 4. The number of nitrogens with zero attached hydrogens (tertiary/aromatic N) is 1. The van der Waals surface area contributed by atoms with Crippen molar-refractivity contribution in [3.63, 3.8) is 0 Å². The second-order valence-corrected chi connectivity index (χ2v) is 4.88. The quantitative estimate of drug-likeness (QED) is 0.815. The molecule has 15 heavy (non-hydrogen) atoms. The average molecular weight is 204 g/mol. The summed E-state index contributed by atoms with van der Waals surface area (Å²) >= 11 is 0. The highest BCUT2D eigenvalue weighted by atomic mass is 14.9. The molecule has 2 rings (SSSR count). The van der Waals surface area contributed by atoms with Crippen molar-refractivity contribution in [2.24, 2.45) is 5.41 Å². The van der Waals surface area contributed by atoms with Crippen LogP contribution in [0.15, 0.2) is 18.3 Å². The molecule has 0 spiro atoms. The van der Waals surface area contributed by atoms with Crippen LogP contribution in [0, 0.1) is 12.3 Å². The molecule has 0 saturated heterocycles. The van der Waals surface area contributed by atoms with Gasteiger partial charge in [-0.05, 0) is 43.4 Å². The van der Waals surface area contributed by atoms with Gasteiger partial charge >= 0.3 is 0 Å². The van der Waals surface area contributed by atoms with Gasteiger partial charge in [-0.3, -0.25) is 4.98 Å². The van der Waals surface area contributed by atoms with Crippen LogP contribution in [0.2, 0.25) is 0 Å². The highest BCUT2D eigenvalue weighted by Gasteiger charge is 2.45. The molecule has 1 aromatic heterocycles. The summed E-state index contributed by atoms with van der Waals surface area (Å²) in [5, 5.41) is 3.58. The predicted molar refractivity (Wildman–Crippen MR) is 62.7 cm³/mol. The molecule has 0 radical (unpaired) electrons. The second-order valence-electron chi connectivity index (χ2n) is 4.88. The number of aryl methyl sites for hydroxylation is 1. The summed E-state index contributed by atoms with van der Waals surface area (Å²) in [6.45, 7) is 7.58. The van der Waals surface area contributed by atoms with E-state index in [0.29, 0.717) is 11.5 Å². The molecule has 0 aromatic carbocycles. The summed E-state index contributed by atoms with van der Waals surface area (Å²) in [4.78, 5) is 4.38. The molecule has 82 valence electrons. The van der Waals surface area contributed by atoms with E-state index >= 15 is 0 Å². The van der Waals surface area contributed by atoms with Crippen molar-refractivity contribution in [3.8, 4) is 0 Å². The van der Waals surface area contributed by atoms with Gasteiger partial charge in [0.1, 0.15) is 0 Å². The fourth-order valence-electron chi connectivity index (χ4n) is 2.11. The van der Waals surface area contributed by atoms with E-state index in [9.17, 15) is 0 Å². The predicted octanol–water partition coefficient (Wildman–Crippen LogP) is 2.84. The molecule has 1 aliphatic carbocycles. The molecule has 1 heterocycles. The molecule has 2 nitrogen and oxygen atoms in total. The van der Waals surface area contributed by atoms with Crippen molar-refractivity contribution in [2.45, 2.75) is 39.7 Å². The maximum Gasteiger partial charge on any atom is 0.0389 e. The summed E-state index contributed by atoms with van der Waals surface area (Å²) in [6.07, 6.45) is 4.68. The molecule has 1 aromatic rings. The van der Waals surface area contributed by atoms with Crippen molar-refractivity contribution >= 4 is 0 Å². The lowest BCUT2D eigenvalue weighted by atomic mass is 9.92. The molecule has 1 N–H and O–H groups in total. The normalized spacial score (nSPS) is 19.9. The molecular formula is C13H20N2. The summed E-state index contributed by atoms with van der Waals surface area (Å²) in [6, 6.07) is 4.79. The van der Waals surface area contributed by atoms with Crippen molar-refractivity contribution in [1.82, 2.24) is 10.3 Å². The lowest BCUT2D eigenvalue weighted by molar-refractivity contribution is 0.372. The summed E-state index contributed by atoms with van der Waals surface area (Å²) in [7, 11) is 0. The van der Waals surface area contributed by atoms with Crippen molar-refractivity contribution in [1.29, 1.82) is 0 Å². The minimum Gasteiger partial charge on any atom is -0.310 e. The minimum absolute atomic E-state index is 0.465. The second kappa shape index (κ2) is 3.93. The molecule has 0 amide bonds. The first-order valence-corrected chi connectivity index (χ1v) is 5.81. The van der Waals surface area contributed by atoms with Crippen LogP contribution in [0.5, 0.6) is 0 Å². The molecule has 2 heteroatoms. The Morgan fingerprint density at radius 1 is 1.47 bits per heavy atom. The minimum atomic E-state index is 0.465. The van der Waals surface area contributed by atoms with Crippen LogP contribution in [-0.2, 0) is 0 Å². The fourth-order valence-corrected chi connectivity index (χ4v) is 2.11. The number of nitrogens with one attached hydrogen (secondary N) is 1. The fraction of sp³-hybridized carbons (Fsp3) is 0.615. The Hall–Kier alpha value is -0.890. The lowest BCUT2D eigenvalue weighted by Gasteiger charge is -2.24. The van der Waals surface area contributed by atoms with Crippen LogP contribution in [0.3, 0.4) is 0 Å². The SMILES string of the molecule is CCNC(c1ccc(C)nc1)C1(C)CC1. The van der Waals surface area contributed by atoms with Crippen LogP contribution in [0.25, 0.3) is 0 Å². The van der Waals surface area contributed by atoms with Gasteiger partial charge in [0, 0.05) is 17.9 Å². The first kappa shape index (κ1) is 10.6. The van der Waals surface area contributed by atoms with Gasteiger partial charge in [-0.1, -0.05) is 19.9 Å². The molecule has 1 fully saturated rings. The zero-order chi connectivity index (χ0) is 10.9. The molecular weight excluding hydrogens is 184 g/mol. The Balaban J connectivity index is 2.20. The van der Waals surface area contributed by atoms with E-state index in [2.05, 4.69) is 36.3 Å². The molecule has 1 saturated carbocycles. The summed E-state index contributed by atoms with van der Waals surface area (Å²) in [5.74, 6) is 0. The lowest BCUT2D eigenvalue weighted by Crippen LogP contribution is -2.27. The van der Waals surface area contributed by atoms with E-state index in [1.165, 1.54) is 18.4 Å². The van der Waals surface area contributed by atoms with E-state index in [0.717, 1.165) is 12.2 Å².